The van der Waals surface area contributed by atoms with Crippen LogP contribution in [0.1, 0.15) is 43.0 Å². The largest absolute Gasteiger partial charge is 0.303 e. The van der Waals surface area contributed by atoms with E-state index in [9.17, 15) is 8.42 Å². The van der Waals surface area contributed by atoms with Crippen LogP contribution in [0, 0.1) is 0 Å². The number of nitrogens with one attached hydrogen (secondary N) is 1. The highest BCUT2D eigenvalue weighted by Gasteiger charge is 2.11. The molecule has 1 N–H and O–H groups in total. The molecule has 1 heterocycles. The first kappa shape index (κ1) is 20.9. The highest BCUT2D eigenvalue weighted by molar-refractivity contribution is 7.92. The topological polar surface area (TPSA) is 49.4 Å². The van der Waals surface area contributed by atoms with Gasteiger partial charge in [0.2, 0.25) is 10.0 Å². The molecular weight excluding hydrogens is 364 g/mol. The second-order valence-electron chi connectivity index (χ2n) is 6.84. The number of nitrogens with zero attached hydrogens (tertiary/aromatic N) is 1. The molecule has 0 spiro atoms. The molecular formula is C20H30N2O2S2. The molecule has 0 aliphatic carbocycles. The lowest BCUT2D eigenvalue weighted by atomic mass is 10.1. The van der Waals surface area contributed by atoms with Gasteiger partial charge in [-0.05, 0) is 61.5 Å². The molecule has 0 saturated heterocycles. The average molecular weight is 395 g/mol. The Bertz CT molecular complexity index is 741. The molecule has 1 aromatic heterocycles. The fourth-order valence-electron chi connectivity index (χ4n) is 3.05. The second-order valence-corrected chi connectivity index (χ2v) is 9.57. The molecule has 6 heteroatoms. The summed E-state index contributed by atoms with van der Waals surface area (Å²) in [5.74, 6) is 0.588. The van der Waals surface area contributed by atoms with Gasteiger partial charge in [0.25, 0.3) is 0 Å². The van der Waals surface area contributed by atoms with Crippen molar-refractivity contribution in [2.24, 2.45) is 0 Å². The van der Waals surface area contributed by atoms with Crippen LogP contribution in [-0.4, -0.2) is 39.2 Å². The summed E-state index contributed by atoms with van der Waals surface area (Å²) in [7, 11) is -3.20. The van der Waals surface area contributed by atoms with Gasteiger partial charge in [0, 0.05) is 23.0 Å². The predicted molar refractivity (Wildman–Crippen MR) is 113 cm³/mol. The number of sulfonamides is 1. The van der Waals surface area contributed by atoms with Crippen molar-refractivity contribution in [2.45, 2.75) is 39.0 Å². The zero-order valence-electron chi connectivity index (χ0n) is 15.9. The first-order valence-corrected chi connectivity index (χ1v) is 12.0. The quantitative estimate of drug-likeness (QED) is 0.568. The van der Waals surface area contributed by atoms with E-state index in [2.05, 4.69) is 41.0 Å². The normalized spacial score (nSPS) is 13.1. The third kappa shape index (κ3) is 7.48. The van der Waals surface area contributed by atoms with Gasteiger partial charge in [-0.2, -0.15) is 0 Å². The summed E-state index contributed by atoms with van der Waals surface area (Å²) in [5.41, 5.74) is 1.87. The molecule has 1 atom stereocenters. The standard InChI is InChI=1S/C20H30N2O2S2/c1-4-22(16-17(2)20-9-7-15-25-20)14-6-5-8-18-10-12-19(13-11-18)21-26(3,23)24/h7,9-13,15,17,21H,4-6,8,14,16H2,1-3H3. The molecule has 2 rings (SSSR count). The minimum atomic E-state index is -3.20. The Labute approximate surface area is 162 Å². The Morgan fingerprint density at radius 2 is 1.88 bits per heavy atom. The van der Waals surface area contributed by atoms with Crippen LogP contribution >= 0.6 is 11.3 Å². The lowest BCUT2D eigenvalue weighted by Crippen LogP contribution is -2.28. The Morgan fingerprint density at radius 3 is 2.46 bits per heavy atom. The molecule has 0 saturated carbocycles. The van der Waals surface area contributed by atoms with Crippen molar-refractivity contribution >= 4 is 27.0 Å². The lowest BCUT2D eigenvalue weighted by molar-refractivity contribution is 0.269. The van der Waals surface area contributed by atoms with E-state index in [0.717, 1.165) is 32.5 Å². The molecule has 144 valence electrons. The molecule has 1 aromatic carbocycles. The molecule has 0 amide bonds. The molecule has 0 radical (unpaired) electrons. The van der Waals surface area contributed by atoms with Crippen molar-refractivity contribution in [1.82, 2.24) is 4.90 Å². The van der Waals surface area contributed by atoms with Gasteiger partial charge in [-0.25, -0.2) is 8.42 Å². The minimum absolute atomic E-state index is 0.588. The van der Waals surface area contributed by atoms with Crippen LogP contribution in [0.25, 0.3) is 0 Å². The fraction of sp³-hybridized carbons (Fsp3) is 0.500. The average Bonchev–Trinajstić information content (AvgIpc) is 3.12. The van der Waals surface area contributed by atoms with Gasteiger partial charge in [-0.15, -0.1) is 11.3 Å². The molecule has 0 aliphatic heterocycles. The number of hydrogen-bond donors (Lipinski definition) is 1. The van der Waals surface area contributed by atoms with Crippen LogP contribution in [0.5, 0.6) is 0 Å². The summed E-state index contributed by atoms with van der Waals surface area (Å²) in [6, 6.07) is 12.0. The van der Waals surface area contributed by atoms with Gasteiger partial charge in [-0.1, -0.05) is 32.0 Å². The SMILES string of the molecule is CCN(CCCCc1ccc(NS(C)(=O)=O)cc1)CC(C)c1cccs1. The van der Waals surface area contributed by atoms with E-state index >= 15 is 0 Å². The Morgan fingerprint density at radius 1 is 1.15 bits per heavy atom. The molecule has 0 fully saturated rings. The van der Waals surface area contributed by atoms with Crippen LogP contribution in [0.4, 0.5) is 5.69 Å². The van der Waals surface area contributed by atoms with E-state index < -0.39 is 10.0 Å². The van der Waals surface area contributed by atoms with E-state index in [1.165, 1.54) is 23.1 Å². The minimum Gasteiger partial charge on any atom is -0.303 e. The molecule has 4 nitrogen and oxygen atoms in total. The third-order valence-electron chi connectivity index (χ3n) is 4.46. The summed E-state index contributed by atoms with van der Waals surface area (Å²) >= 11 is 1.84. The van der Waals surface area contributed by atoms with E-state index in [-0.39, 0.29) is 0 Å². The van der Waals surface area contributed by atoms with Crippen molar-refractivity contribution in [1.29, 1.82) is 0 Å². The Kier molecular flexibility index (Phi) is 8.13. The summed E-state index contributed by atoms with van der Waals surface area (Å²) in [4.78, 5) is 4.00. The van der Waals surface area contributed by atoms with Gasteiger partial charge in [0.1, 0.15) is 0 Å². The van der Waals surface area contributed by atoms with Crippen molar-refractivity contribution < 1.29 is 8.42 Å². The van der Waals surface area contributed by atoms with E-state index in [0.29, 0.717) is 11.6 Å². The maximum Gasteiger partial charge on any atom is 0.229 e. The van der Waals surface area contributed by atoms with Gasteiger partial charge in [0.05, 0.1) is 6.26 Å². The van der Waals surface area contributed by atoms with Crippen molar-refractivity contribution in [2.75, 3.05) is 30.6 Å². The van der Waals surface area contributed by atoms with Gasteiger partial charge < -0.3 is 4.90 Å². The van der Waals surface area contributed by atoms with Crippen LogP contribution in [0.2, 0.25) is 0 Å². The monoisotopic (exact) mass is 394 g/mol. The van der Waals surface area contributed by atoms with Crippen molar-refractivity contribution in [3.63, 3.8) is 0 Å². The number of unbranched alkanes of at least 4 members (excludes halogenated alkanes) is 1. The number of thiophene rings is 1. The number of hydrogen-bond acceptors (Lipinski definition) is 4. The maximum absolute atomic E-state index is 11.2. The molecule has 0 bridgehead atoms. The van der Waals surface area contributed by atoms with Gasteiger partial charge in [0.15, 0.2) is 0 Å². The first-order valence-electron chi connectivity index (χ1n) is 9.20. The van der Waals surface area contributed by atoms with E-state index in [4.69, 9.17) is 0 Å². The number of aryl methyl sites for hydroxylation is 1. The first-order chi connectivity index (χ1) is 12.4. The number of anilines is 1. The van der Waals surface area contributed by atoms with E-state index in [1.807, 2.05) is 35.6 Å². The Hall–Kier alpha value is -1.37. The summed E-state index contributed by atoms with van der Waals surface area (Å²) < 4.78 is 24.9. The third-order valence-corrected chi connectivity index (χ3v) is 6.17. The smallest absolute Gasteiger partial charge is 0.229 e. The van der Waals surface area contributed by atoms with Crippen molar-refractivity contribution in [3.8, 4) is 0 Å². The van der Waals surface area contributed by atoms with Crippen molar-refractivity contribution in [3.05, 3.63) is 52.2 Å². The number of rotatable bonds is 11. The maximum atomic E-state index is 11.2. The fourth-order valence-corrected chi connectivity index (χ4v) is 4.39. The Balaban J connectivity index is 1.71. The predicted octanol–water partition coefficient (Wildman–Crippen LogP) is 4.57. The molecule has 1 unspecified atom stereocenters. The van der Waals surface area contributed by atoms with Crippen LogP contribution < -0.4 is 4.72 Å². The summed E-state index contributed by atoms with van der Waals surface area (Å²) in [5, 5.41) is 2.15. The summed E-state index contributed by atoms with van der Waals surface area (Å²) in [6.07, 6.45) is 4.51. The van der Waals surface area contributed by atoms with Crippen LogP contribution in [-0.2, 0) is 16.4 Å². The zero-order chi connectivity index (χ0) is 19.0. The molecule has 2 aromatic rings. The van der Waals surface area contributed by atoms with Crippen LogP contribution in [0.3, 0.4) is 0 Å². The van der Waals surface area contributed by atoms with E-state index in [1.54, 1.807) is 0 Å². The van der Waals surface area contributed by atoms with Gasteiger partial charge in [-0.3, -0.25) is 4.72 Å². The molecule has 0 aliphatic rings. The highest BCUT2D eigenvalue weighted by Crippen LogP contribution is 2.21. The second kappa shape index (κ2) is 10.1. The van der Waals surface area contributed by atoms with Gasteiger partial charge >= 0.3 is 0 Å². The highest BCUT2D eigenvalue weighted by atomic mass is 32.2. The molecule has 26 heavy (non-hydrogen) atoms. The lowest BCUT2D eigenvalue weighted by Gasteiger charge is -2.23. The summed E-state index contributed by atoms with van der Waals surface area (Å²) in [6.45, 7) is 7.86. The number of benzene rings is 1. The number of likely N-dealkylation sites (N-methyl/N-ethyl adjacent to an activating group) is 1. The zero-order valence-corrected chi connectivity index (χ0v) is 17.6. The van der Waals surface area contributed by atoms with Crippen LogP contribution in [0.15, 0.2) is 41.8 Å².